The molecule has 0 saturated heterocycles. The zero-order chi connectivity index (χ0) is 15.2. The van der Waals surface area contributed by atoms with Gasteiger partial charge < -0.3 is 15.8 Å². The van der Waals surface area contributed by atoms with Crippen LogP contribution in [0.15, 0.2) is 59.6 Å². The van der Waals surface area contributed by atoms with Crippen molar-refractivity contribution in [1.82, 2.24) is 0 Å². The molecule has 122 valence electrons. The molecular weight excluding hydrogens is 401 g/mol. The first-order valence-corrected chi connectivity index (χ1v) is 7.64. The molecule has 0 unspecified atom stereocenters. The Morgan fingerprint density at radius 2 is 1.78 bits per heavy atom. The molecule has 0 radical (unpaired) electrons. The molecule has 0 heterocycles. The van der Waals surface area contributed by atoms with E-state index in [4.69, 9.17) is 10.5 Å². The molecular formula is C18H22IN3O. The second-order valence-corrected chi connectivity index (χ2v) is 5.55. The molecule has 5 heteroatoms. The van der Waals surface area contributed by atoms with Crippen LogP contribution in [-0.2, 0) is 6.54 Å². The number of nitrogens with zero attached hydrogens (tertiary/aromatic N) is 1. The summed E-state index contributed by atoms with van der Waals surface area (Å²) in [5.41, 5.74) is 7.92. The van der Waals surface area contributed by atoms with E-state index in [0.717, 1.165) is 29.5 Å². The van der Waals surface area contributed by atoms with Crippen LogP contribution in [0.4, 0.5) is 5.69 Å². The number of ether oxygens (including phenoxy) is 1. The topological polar surface area (TPSA) is 59.6 Å². The van der Waals surface area contributed by atoms with E-state index in [-0.39, 0.29) is 24.0 Å². The second-order valence-electron chi connectivity index (χ2n) is 5.55. The standard InChI is InChI=1S/C18H21N3O.HI/c19-18(21-16-7-2-1-3-8-16)20-12-15-6-4-5-9-17(15)22-13-14-10-11-14;/h1-9,14H,10-13H2,(H3,19,20,21);1H. The van der Waals surface area contributed by atoms with E-state index < -0.39 is 0 Å². The van der Waals surface area contributed by atoms with Crippen molar-refractivity contribution in [2.45, 2.75) is 19.4 Å². The number of nitrogens with two attached hydrogens (primary N) is 1. The number of aliphatic imine (C=N–C) groups is 1. The molecule has 1 saturated carbocycles. The maximum atomic E-state index is 5.93. The Morgan fingerprint density at radius 1 is 1.09 bits per heavy atom. The lowest BCUT2D eigenvalue weighted by Crippen LogP contribution is -2.22. The van der Waals surface area contributed by atoms with Crippen LogP contribution in [0.5, 0.6) is 5.75 Å². The van der Waals surface area contributed by atoms with Crippen LogP contribution in [0.1, 0.15) is 18.4 Å². The Kier molecular flexibility index (Phi) is 6.70. The van der Waals surface area contributed by atoms with Crippen molar-refractivity contribution in [3.63, 3.8) is 0 Å². The highest BCUT2D eigenvalue weighted by Gasteiger charge is 2.22. The molecule has 0 atom stereocenters. The fourth-order valence-electron chi connectivity index (χ4n) is 2.15. The first kappa shape index (κ1) is 17.6. The van der Waals surface area contributed by atoms with Gasteiger partial charge in [0.2, 0.25) is 0 Å². The van der Waals surface area contributed by atoms with Crippen LogP contribution < -0.4 is 15.8 Å². The molecule has 2 aromatic rings. The number of hydrogen-bond donors (Lipinski definition) is 2. The van der Waals surface area contributed by atoms with Gasteiger partial charge in [0.1, 0.15) is 5.75 Å². The maximum Gasteiger partial charge on any atom is 0.193 e. The van der Waals surface area contributed by atoms with Crippen molar-refractivity contribution < 1.29 is 4.74 Å². The van der Waals surface area contributed by atoms with E-state index >= 15 is 0 Å². The molecule has 1 fully saturated rings. The number of nitrogens with one attached hydrogen (secondary N) is 1. The van der Waals surface area contributed by atoms with E-state index in [2.05, 4.69) is 10.3 Å². The van der Waals surface area contributed by atoms with Gasteiger partial charge in [-0.2, -0.15) is 0 Å². The van der Waals surface area contributed by atoms with Gasteiger partial charge in [0.15, 0.2) is 5.96 Å². The van der Waals surface area contributed by atoms with Crippen LogP contribution in [0.2, 0.25) is 0 Å². The highest BCUT2D eigenvalue weighted by molar-refractivity contribution is 14.0. The maximum absolute atomic E-state index is 5.93. The second kappa shape index (κ2) is 8.76. The molecule has 23 heavy (non-hydrogen) atoms. The van der Waals surface area contributed by atoms with Crippen molar-refractivity contribution in [2.75, 3.05) is 11.9 Å². The summed E-state index contributed by atoms with van der Waals surface area (Å²) < 4.78 is 5.88. The molecule has 4 nitrogen and oxygen atoms in total. The number of hydrogen-bond acceptors (Lipinski definition) is 2. The van der Waals surface area contributed by atoms with Crippen LogP contribution in [-0.4, -0.2) is 12.6 Å². The lowest BCUT2D eigenvalue weighted by atomic mass is 10.2. The van der Waals surface area contributed by atoms with Gasteiger partial charge in [-0.05, 0) is 37.0 Å². The molecule has 3 N–H and O–H groups in total. The molecule has 2 aromatic carbocycles. The van der Waals surface area contributed by atoms with Gasteiger partial charge in [-0.15, -0.1) is 24.0 Å². The van der Waals surface area contributed by atoms with Gasteiger partial charge in [0.05, 0.1) is 13.2 Å². The zero-order valence-electron chi connectivity index (χ0n) is 12.9. The Bertz CT molecular complexity index is 642. The largest absolute Gasteiger partial charge is 0.493 e. The summed E-state index contributed by atoms with van der Waals surface area (Å²) in [4.78, 5) is 4.40. The van der Waals surface area contributed by atoms with Crippen molar-refractivity contribution in [1.29, 1.82) is 0 Å². The summed E-state index contributed by atoms with van der Waals surface area (Å²) in [5, 5.41) is 3.08. The SMILES string of the molecule is I.NC(=NCc1ccccc1OCC1CC1)Nc1ccccc1. The van der Waals surface area contributed by atoms with E-state index in [1.807, 2.05) is 54.6 Å². The Morgan fingerprint density at radius 3 is 2.52 bits per heavy atom. The van der Waals surface area contributed by atoms with E-state index in [0.29, 0.717) is 12.5 Å². The number of halogens is 1. The monoisotopic (exact) mass is 423 g/mol. The minimum atomic E-state index is 0. The third kappa shape index (κ3) is 5.74. The summed E-state index contributed by atoms with van der Waals surface area (Å²) in [5.74, 6) is 2.05. The summed E-state index contributed by atoms with van der Waals surface area (Å²) in [7, 11) is 0. The normalized spacial score (nSPS) is 14.0. The molecule has 1 aliphatic carbocycles. The third-order valence-corrected chi connectivity index (χ3v) is 3.61. The van der Waals surface area contributed by atoms with E-state index in [1.165, 1.54) is 12.8 Å². The van der Waals surface area contributed by atoms with E-state index in [9.17, 15) is 0 Å². The fraction of sp³-hybridized carbons (Fsp3) is 0.278. The molecule has 0 aromatic heterocycles. The van der Waals surface area contributed by atoms with Crippen LogP contribution in [0.3, 0.4) is 0 Å². The molecule has 0 bridgehead atoms. The zero-order valence-corrected chi connectivity index (χ0v) is 15.3. The fourth-order valence-corrected chi connectivity index (χ4v) is 2.15. The molecule has 0 spiro atoms. The van der Waals surface area contributed by atoms with Crippen LogP contribution in [0.25, 0.3) is 0 Å². The molecule has 1 aliphatic rings. The van der Waals surface area contributed by atoms with Crippen molar-refractivity contribution in [2.24, 2.45) is 16.6 Å². The first-order valence-electron chi connectivity index (χ1n) is 7.64. The minimum Gasteiger partial charge on any atom is -0.493 e. The predicted molar refractivity (Wildman–Crippen MR) is 105 cm³/mol. The van der Waals surface area contributed by atoms with Gasteiger partial charge in [-0.3, -0.25) is 0 Å². The average molecular weight is 423 g/mol. The number of para-hydroxylation sites is 2. The lowest BCUT2D eigenvalue weighted by Gasteiger charge is -2.10. The first-order chi connectivity index (χ1) is 10.8. The van der Waals surface area contributed by atoms with Crippen molar-refractivity contribution in [3.8, 4) is 5.75 Å². The smallest absolute Gasteiger partial charge is 0.193 e. The van der Waals surface area contributed by atoms with Crippen LogP contribution in [0, 0.1) is 5.92 Å². The number of rotatable bonds is 6. The Balaban J connectivity index is 0.00000192. The van der Waals surface area contributed by atoms with Gasteiger partial charge in [-0.1, -0.05) is 36.4 Å². The van der Waals surface area contributed by atoms with Gasteiger partial charge >= 0.3 is 0 Å². The quantitative estimate of drug-likeness (QED) is 0.419. The number of benzene rings is 2. The van der Waals surface area contributed by atoms with Crippen LogP contribution >= 0.6 is 24.0 Å². The molecule has 3 rings (SSSR count). The average Bonchev–Trinajstić information content (AvgIpc) is 3.37. The lowest BCUT2D eigenvalue weighted by molar-refractivity contribution is 0.297. The molecule has 0 amide bonds. The Labute approximate surface area is 154 Å². The summed E-state index contributed by atoms with van der Waals surface area (Å²) in [6, 6.07) is 17.8. The summed E-state index contributed by atoms with van der Waals surface area (Å²) in [6.45, 7) is 1.31. The highest BCUT2D eigenvalue weighted by Crippen LogP contribution is 2.30. The summed E-state index contributed by atoms with van der Waals surface area (Å²) >= 11 is 0. The third-order valence-electron chi connectivity index (χ3n) is 3.61. The molecule has 0 aliphatic heterocycles. The predicted octanol–water partition coefficient (Wildman–Crippen LogP) is 4.02. The Hall–Kier alpha value is -1.76. The number of guanidine groups is 1. The van der Waals surface area contributed by atoms with Gasteiger partial charge in [-0.25, -0.2) is 4.99 Å². The van der Waals surface area contributed by atoms with Gasteiger partial charge in [0, 0.05) is 11.3 Å². The van der Waals surface area contributed by atoms with Crippen molar-refractivity contribution >= 4 is 35.6 Å². The number of anilines is 1. The van der Waals surface area contributed by atoms with Crippen molar-refractivity contribution in [3.05, 3.63) is 60.2 Å². The summed E-state index contributed by atoms with van der Waals surface area (Å²) in [6.07, 6.45) is 2.57. The van der Waals surface area contributed by atoms with Gasteiger partial charge in [0.25, 0.3) is 0 Å². The highest BCUT2D eigenvalue weighted by atomic mass is 127. The minimum absolute atomic E-state index is 0. The van der Waals surface area contributed by atoms with E-state index in [1.54, 1.807) is 0 Å².